The lowest BCUT2D eigenvalue weighted by Crippen LogP contribution is -2.42. The Bertz CT molecular complexity index is 477. The molecule has 0 spiro atoms. The van der Waals surface area contributed by atoms with Crippen LogP contribution in [-0.2, 0) is 14.3 Å². The van der Waals surface area contributed by atoms with E-state index in [4.69, 9.17) is 16.3 Å². The van der Waals surface area contributed by atoms with Crippen LogP contribution in [0.5, 0.6) is 0 Å². The number of hydrogen-bond donors (Lipinski definition) is 0. The highest BCUT2D eigenvalue weighted by molar-refractivity contribution is 6.30. The van der Waals surface area contributed by atoms with Crippen molar-refractivity contribution in [1.29, 1.82) is 0 Å². The monoisotopic (exact) mass is 295 g/mol. The molecule has 0 bridgehead atoms. The molecular weight excluding hydrogens is 278 g/mol. The Morgan fingerprint density at radius 2 is 2.10 bits per heavy atom. The first-order valence-corrected chi connectivity index (χ1v) is 7.25. The molecule has 2 unspecified atom stereocenters. The molecule has 1 saturated heterocycles. The molecule has 2 atom stereocenters. The van der Waals surface area contributed by atoms with Gasteiger partial charge in [-0.1, -0.05) is 30.3 Å². The second-order valence-corrected chi connectivity index (χ2v) is 5.15. The van der Waals surface area contributed by atoms with Crippen molar-refractivity contribution in [3.8, 4) is 0 Å². The van der Waals surface area contributed by atoms with E-state index in [0.717, 1.165) is 12.0 Å². The summed E-state index contributed by atoms with van der Waals surface area (Å²) in [7, 11) is 0. The van der Waals surface area contributed by atoms with E-state index in [9.17, 15) is 9.59 Å². The van der Waals surface area contributed by atoms with Gasteiger partial charge < -0.3 is 9.64 Å². The second kappa shape index (κ2) is 6.75. The molecule has 1 fully saturated rings. The van der Waals surface area contributed by atoms with Crippen molar-refractivity contribution in [2.75, 3.05) is 13.2 Å². The van der Waals surface area contributed by atoms with Gasteiger partial charge in [0.2, 0.25) is 5.91 Å². The zero-order valence-corrected chi connectivity index (χ0v) is 12.2. The van der Waals surface area contributed by atoms with Crippen molar-refractivity contribution in [2.45, 2.75) is 31.2 Å². The van der Waals surface area contributed by atoms with Crippen LogP contribution in [0.2, 0.25) is 0 Å². The van der Waals surface area contributed by atoms with Gasteiger partial charge in [0, 0.05) is 6.54 Å². The fourth-order valence-corrected chi connectivity index (χ4v) is 2.69. The Morgan fingerprint density at radius 1 is 1.40 bits per heavy atom. The third kappa shape index (κ3) is 3.12. The number of likely N-dealkylation sites (tertiary alicyclic amines) is 1. The third-order valence-electron chi connectivity index (χ3n) is 3.40. The normalized spacial score (nSPS) is 19.7. The SMILES string of the molecule is CCOC(=O)C1CCCN1C(=O)C(Cl)c1ccccc1. The van der Waals surface area contributed by atoms with Crippen LogP contribution in [0, 0.1) is 0 Å². The fourth-order valence-electron chi connectivity index (χ4n) is 2.42. The van der Waals surface area contributed by atoms with E-state index in [-0.39, 0.29) is 11.9 Å². The smallest absolute Gasteiger partial charge is 0.328 e. The summed E-state index contributed by atoms with van der Waals surface area (Å²) in [5.41, 5.74) is 0.744. The molecule has 108 valence electrons. The maximum atomic E-state index is 12.5. The predicted octanol–water partition coefficient (Wildman–Crippen LogP) is 2.52. The highest BCUT2D eigenvalue weighted by Gasteiger charge is 2.37. The molecule has 1 aromatic rings. The van der Waals surface area contributed by atoms with Gasteiger partial charge in [-0.05, 0) is 25.3 Å². The lowest BCUT2D eigenvalue weighted by molar-refractivity contribution is -0.152. The van der Waals surface area contributed by atoms with Crippen molar-refractivity contribution in [3.05, 3.63) is 35.9 Å². The molecule has 20 heavy (non-hydrogen) atoms. The number of amides is 1. The first-order valence-electron chi connectivity index (χ1n) is 6.81. The Morgan fingerprint density at radius 3 is 2.75 bits per heavy atom. The van der Waals surface area contributed by atoms with Gasteiger partial charge in [0.05, 0.1) is 6.61 Å². The zero-order valence-electron chi connectivity index (χ0n) is 11.4. The van der Waals surface area contributed by atoms with Crippen LogP contribution < -0.4 is 0 Å². The zero-order chi connectivity index (χ0) is 14.5. The Balaban J connectivity index is 2.09. The summed E-state index contributed by atoms with van der Waals surface area (Å²) >= 11 is 6.24. The number of nitrogens with zero attached hydrogens (tertiary/aromatic N) is 1. The van der Waals surface area contributed by atoms with E-state index in [1.165, 1.54) is 0 Å². The maximum Gasteiger partial charge on any atom is 0.328 e. The molecule has 0 aliphatic carbocycles. The maximum absolute atomic E-state index is 12.5. The number of carbonyl (C=O) groups excluding carboxylic acids is 2. The highest BCUT2D eigenvalue weighted by Crippen LogP contribution is 2.28. The van der Waals surface area contributed by atoms with Gasteiger partial charge in [0.15, 0.2) is 0 Å². The van der Waals surface area contributed by atoms with Gasteiger partial charge >= 0.3 is 5.97 Å². The van der Waals surface area contributed by atoms with Crippen LogP contribution in [0.3, 0.4) is 0 Å². The lowest BCUT2D eigenvalue weighted by atomic mass is 10.1. The van der Waals surface area contributed by atoms with E-state index < -0.39 is 11.4 Å². The molecule has 0 saturated carbocycles. The molecule has 2 rings (SSSR count). The lowest BCUT2D eigenvalue weighted by Gasteiger charge is -2.25. The molecule has 0 aromatic heterocycles. The van der Waals surface area contributed by atoms with Crippen molar-refractivity contribution >= 4 is 23.5 Å². The Kier molecular flexibility index (Phi) is 5.01. The van der Waals surface area contributed by atoms with Crippen molar-refractivity contribution < 1.29 is 14.3 Å². The van der Waals surface area contributed by atoms with Crippen LogP contribution in [0.15, 0.2) is 30.3 Å². The number of hydrogen-bond acceptors (Lipinski definition) is 3. The van der Waals surface area contributed by atoms with Crippen molar-refractivity contribution in [2.24, 2.45) is 0 Å². The average Bonchev–Trinajstić information content (AvgIpc) is 2.96. The van der Waals surface area contributed by atoms with E-state index >= 15 is 0 Å². The molecular formula is C15H18ClNO3. The summed E-state index contributed by atoms with van der Waals surface area (Å²) in [4.78, 5) is 25.9. The number of alkyl halides is 1. The topological polar surface area (TPSA) is 46.6 Å². The van der Waals surface area contributed by atoms with Crippen molar-refractivity contribution in [1.82, 2.24) is 4.90 Å². The number of rotatable bonds is 4. The molecule has 1 aliphatic rings. The highest BCUT2D eigenvalue weighted by atomic mass is 35.5. The van der Waals surface area contributed by atoms with Crippen LogP contribution in [0.25, 0.3) is 0 Å². The summed E-state index contributed by atoms with van der Waals surface area (Å²) in [5, 5.41) is -0.758. The summed E-state index contributed by atoms with van der Waals surface area (Å²) in [5.74, 6) is -0.566. The van der Waals surface area contributed by atoms with E-state index in [2.05, 4.69) is 0 Å². The molecule has 1 amide bonds. The molecule has 1 aliphatic heterocycles. The predicted molar refractivity (Wildman–Crippen MR) is 76.4 cm³/mol. The minimum Gasteiger partial charge on any atom is -0.464 e. The largest absolute Gasteiger partial charge is 0.464 e. The summed E-state index contributed by atoms with van der Waals surface area (Å²) in [6, 6.07) is 8.67. The summed E-state index contributed by atoms with van der Waals surface area (Å²) in [6.07, 6.45) is 1.44. The standard InChI is InChI=1S/C15H18ClNO3/c1-2-20-15(19)12-9-6-10-17(12)14(18)13(16)11-7-4-3-5-8-11/h3-5,7-8,12-13H,2,6,9-10H2,1H3. The van der Waals surface area contributed by atoms with Crippen molar-refractivity contribution in [3.63, 3.8) is 0 Å². The van der Waals surface area contributed by atoms with Gasteiger partial charge in [-0.3, -0.25) is 4.79 Å². The van der Waals surface area contributed by atoms with Gasteiger partial charge in [0.1, 0.15) is 11.4 Å². The number of benzene rings is 1. The Labute approximate surface area is 123 Å². The molecule has 1 aromatic carbocycles. The summed E-state index contributed by atoms with van der Waals surface area (Å²) in [6.45, 7) is 2.63. The van der Waals surface area contributed by atoms with Crippen LogP contribution in [0.1, 0.15) is 30.7 Å². The minimum absolute atomic E-state index is 0.228. The first-order chi connectivity index (χ1) is 9.65. The minimum atomic E-state index is -0.758. The van der Waals surface area contributed by atoms with Gasteiger partial charge in [-0.25, -0.2) is 4.79 Å². The fraction of sp³-hybridized carbons (Fsp3) is 0.467. The first kappa shape index (κ1) is 14.9. The summed E-state index contributed by atoms with van der Waals surface area (Å²) < 4.78 is 5.02. The molecule has 0 radical (unpaired) electrons. The second-order valence-electron chi connectivity index (χ2n) is 4.71. The van der Waals surface area contributed by atoms with E-state index in [0.29, 0.717) is 19.6 Å². The third-order valence-corrected chi connectivity index (χ3v) is 3.84. The molecule has 5 heteroatoms. The number of halogens is 1. The quantitative estimate of drug-likeness (QED) is 0.633. The number of carbonyl (C=O) groups is 2. The van der Waals surface area contributed by atoms with Crippen LogP contribution in [-0.4, -0.2) is 36.0 Å². The van der Waals surface area contributed by atoms with Crippen LogP contribution >= 0.6 is 11.6 Å². The average molecular weight is 296 g/mol. The van der Waals surface area contributed by atoms with E-state index in [1.54, 1.807) is 11.8 Å². The van der Waals surface area contributed by atoms with Gasteiger partial charge in [-0.15, -0.1) is 11.6 Å². The van der Waals surface area contributed by atoms with Crippen LogP contribution in [0.4, 0.5) is 0 Å². The van der Waals surface area contributed by atoms with Gasteiger partial charge in [0.25, 0.3) is 0 Å². The van der Waals surface area contributed by atoms with Gasteiger partial charge in [-0.2, -0.15) is 0 Å². The Hall–Kier alpha value is -1.55. The molecule has 0 N–H and O–H groups in total. The number of ether oxygens (including phenoxy) is 1. The molecule has 1 heterocycles. The van der Waals surface area contributed by atoms with E-state index in [1.807, 2.05) is 30.3 Å². The molecule has 4 nitrogen and oxygen atoms in total. The number of esters is 1.